The summed E-state index contributed by atoms with van der Waals surface area (Å²) in [5, 5.41) is 0.822. The normalized spacial score (nSPS) is 19.1. The summed E-state index contributed by atoms with van der Waals surface area (Å²) in [7, 11) is 0. The molecule has 1 fully saturated rings. The Morgan fingerprint density at radius 2 is 1.94 bits per heavy atom. The summed E-state index contributed by atoms with van der Waals surface area (Å²) < 4.78 is 34.1. The summed E-state index contributed by atoms with van der Waals surface area (Å²) in [5.74, 6) is -0.579. The summed E-state index contributed by atoms with van der Waals surface area (Å²) in [6.07, 6.45) is 3.21. The molecule has 0 saturated carbocycles. The zero-order chi connectivity index (χ0) is 21.5. The first-order chi connectivity index (χ1) is 15.0. The molecule has 1 saturated heterocycles. The van der Waals surface area contributed by atoms with Crippen LogP contribution in [0.15, 0.2) is 36.5 Å². The van der Waals surface area contributed by atoms with Crippen LogP contribution in [0.4, 0.5) is 8.78 Å². The number of rotatable bonds is 3. The monoisotopic (exact) mass is 438 g/mol. The van der Waals surface area contributed by atoms with E-state index >= 15 is 0 Å². The van der Waals surface area contributed by atoms with Gasteiger partial charge in [-0.1, -0.05) is 11.3 Å². The Kier molecular flexibility index (Phi) is 5.19. The molecule has 0 N–H and O–H groups in total. The van der Waals surface area contributed by atoms with Gasteiger partial charge in [-0.3, -0.25) is 4.98 Å². The van der Waals surface area contributed by atoms with Crippen LogP contribution in [0.25, 0.3) is 21.6 Å². The quantitative estimate of drug-likeness (QED) is 0.412. The zero-order valence-corrected chi connectivity index (χ0v) is 17.9. The zero-order valence-electron chi connectivity index (χ0n) is 17.1. The minimum atomic E-state index is -0.659. The molecule has 8 heteroatoms. The fourth-order valence-corrected chi connectivity index (χ4v) is 4.82. The van der Waals surface area contributed by atoms with Gasteiger partial charge in [-0.25, -0.2) is 23.7 Å². The molecule has 1 aromatic carbocycles. The Bertz CT molecular complexity index is 1280. The predicted octanol–water partition coefficient (Wildman–Crippen LogP) is 5.68. The van der Waals surface area contributed by atoms with E-state index in [4.69, 9.17) is 14.7 Å². The van der Waals surface area contributed by atoms with E-state index in [9.17, 15) is 8.78 Å². The summed E-state index contributed by atoms with van der Waals surface area (Å²) in [6.45, 7) is 4.42. The van der Waals surface area contributed by atoms with Crippen molar-refractivity contribution in [3.63, 3.8) is 0 Å². The van der Waals surface area contributed by atoms with E-state index in [-0.39, 0.29) is 17.6 Å². The molecule has 5 nitrogen and oxygen atoms in total. The molecule has 0 aliphatic carbocycles. The van der Waals surface area contributed by atoms with Gasteiger partial charge in [0, 0.05) is 36.0 Å². The predicted molar refractivity (Wildman–Crippen MR) is 115 cm³/mol. The van der Waals surface area contributed by atoms with Crippen molar-refractivity contribution in [1.82, 2.24) is 19.9 Å². The molecule has 31 heavy (non-hydrogen) atoms. The lowest BCUT2D eigenvalue weighted by atomic mass is 9.91. The Morgan fingerprint density at radius 3 is 2.74 bits per heavy atom. The first-order valence-electron chi connectivity index (χ1n) is 10.1. The standard InChI is InChI=1S/C23H20F2N4OS/c1-12-9-14(5-7-26-12)19-10-15(6-8-30-19)22-28-20(17-4-3-16(24)11-18(17)25)21-23(29-22)31-13(2)27-21/h3-5,7,9,11,15,19H,6,8,10H2,1-2H3. The molecular formula is C23H20F2N4OS. The highest BCUT2D eigenvalue weighted by molar-refractivity contribution is 7.18. The first kappa shape index (κ1) is 20.1. The van der Waals surface area contributed by atoms with Gasteiger partial charge in [0.1, 0.15) is 33.5 Å². The van der Waals surface area contributed by atoms with Crippen LogP contribution in [0.3, 0.4) is 0 Å². The van der Waals surface area contributed by atoms with E-state index in [0.717, 1.165) is 35.2 Å². The van der Waals surface area contributed by atoms with Crippen molar-refractivity contribution in [1.29, 1.82) is 0 Å². The molecule has 0 spiro atoms. The van der Waals surface area contributed by atoms with Crippen LogP contribution >= 0.6 is 11.3 Å². The van der Waals surface area contributed by atoms with Gasteiger partial charge >= 0.3 is 0 Å². The molecule has 158 valence electrons. The molecular weight excluding hydrogens is 418 g/mol. The SMILES string of the molecule is Cc1cc(C2CC(c3nc(-c4ccc(F)cc4F)c4nc(C)sc4n3)CCO2)ccn1. The Balaban J connectivity index is 1.57. The van der Waals surface area contributed by atoms with Crippen molar-refractivity contribution < 1.29 is 13.5 Å². The Morgan fingerprint density at radius 1 is 1.06 bits per heavy atom. The van der Waals surface area contributed by atoms with Crippen LogP contribution in [0.1, 0.15) is 47.0 Å². The number of hydrogen-bond acceptors (Lipinski definition) is 6. The van der Waals surface area contributed by atoms with Crippen molar-refractivity contribution in [3.05, 3.63) is 70.3 Å². The number of benzene rings is 1. The van der Waals surface area contributed by atoms with Crippen LogP contribution < -0.4 is 0 Å². The van der Waals surface area contributed by atoms with Crippen molar-refractivity contribution >= 4 is 21.7 Å². The molecule has 1 aliphatic heterocycles. The molecule has 0 radical (unpaired) electrons. The molecule has 1 aliphatic rings. The highest BCUT2D eigenvalue weighted by Crippen LogP contribution is 2.39. The Hall–Kier alpha value is -2.84. The number of thiazole rings is 1. The fourth-order valence-electron chi connectivity index (χ4n) is 4.03. The van der Waals surface area contributed by atoms with Gasteiger partial charge < -0.3 is 4.74 Å². The van der Waals surface area contributed by atoms with Crippen LogP contribution in [0.5, 0.6) is 0 Å². The molecule has 0 bridgehead atoms. The van der Waals surface area contributed by atoms with Crippen LogP contribution in [0, 0.1) is 25.5 Å². The maximum Gasteiger partial charge on any atom is 0.147 e. The smallest absolute Gasteiger partial charge is 0.147 e. The summed E-state index contributed by atoms with van der Waals surface area (Å²) >= 11 is 1.45. The third-order valence-corrected chi connectivity index (χ3v) is 6.38. The number of halogens is 2. The summed E-state index contributed by atoms with van der Waals surface area (Å²) in [6, 6.07) is 7.52. The van der Waals surface area contributed by atoms with Gasteiger partial charge in [0.05, 0.1) is 11.1 Å². The second kappa shape index (κ2) is 8.01. The summed E-state index contributed by atoms with van der Waals surface area (Å²) in [4.78, 5) is 19.0. The average Bonchev–Trinajstić information content (AvgIpc) is 3.13. The van der Waals surface area contributed by atoms with Crippen molar-refractivity contribution in [2.75, 3.05) is 6.61 Å². The lowest BCUT2D eigenvalue weighted by Crippen LogP contribution is -2.20. The van der Waals surface area contributed by atoms with E-state index in [1.165, 1.54) is 23.5 Å². The van der Waals surface area contributed by atoms with E-state index in [0.29, 0.717) is 28.5 Å². The molecule has 5 rings (SSSR count). The highest BCUT2D eigenvalue weighted by Gasteiger charge is 2.29. The first-order valence-corrected chi connectivity index (χ1v) is 10.9. The largest absolute Gasteiger partial charge is 0.373 e. The summed E-state index contributed by atoms with van der Waals surface area (Å²) in [5.41, 5.74) is 3.20. The molecule has 2 atom stereocenters. The number of ether oxygens (including phenoxy) is 1. The van der Waals surface area contributed by atoms with Gasteiger partial charge in [-0.15, -0.1) is 0 Å². The fraction of sp³-hybridized carbons (Fsp3) is 0.304. The molecule has 4 heterocycles. The number of nitrogens with zero attached hydrogens (tertiary/aromatic N) is 4. The van der Waals surface area contributed by atoms with E-state index < -0.39 is 11.6 Å². The average molecular weight is 439 g/mol. The number of aromatic nitrogens is 4. The molecule has 4 aromatic rings. The maximum atomic E-state index is 14.6. The van der Waals surface area contributed by atoms with E-state index in [2.05, 4.69) is 9.97 Å². The lowest BCUT2D eigenvalue weighted by molar-refractivity contribution is 0.00395. The topological polar surface area (TPSA) is 60.8 Å². The van der Waals surface area contributed by atoms with Crippen molar-refractivity contribution in [2.24, 2.45) is 0 Å². The maximum absolute atomic E-state index is 14.6. The minimum Gasteiger partial charge on any atom is -0.373 e. The second-order valence-electron chi connectivity index (χ2n) is 7.75. The Labute approximate surface area is 182 Å². The lowest BCUT2D eigenvalue weighted by Gasteiger charge is -2.29. The van der Waals surface area contributed by atoms with E-state index in [1.54, 1.807) is 6.20 Å². The van der Waals surface area contributed by atoms with Gasteiger partial charge in [-0.05, 0) is 56.5 Å². The third kappa shape index (κ3) is 3.93. The number of hydrogen-bond donors (Lipinski definition) is 0. The van der Waals surface area contributed by atoms with Gasteiger partial charge in [0.2, 0.25) is 0 Å². The van der Waals surface area contributed by atoms with Crippen LogP contribution in [0.2, 0.25) is 0 Å². The number of pyridine rings is 1. The van der Waals surface area contributed by atoms with Crippen LogP contribution in [-0.4, -0.2) is 26.5 Å². The van der Waals surface area contributed by atoms with Gasteiger partial charge in [-0.2, -0.15) is 0 Å². The number of fused-ring (bicyclic) bond motifs is 1. The third-order valence-electron chi connectivity index (χ3n) is 5.51. The molecule has 3 aromatic heterocycles. The van der Waals surface area contributed by atoms with Gasteiger partial charge in [0.15, 0.2) is 0 Å². The van der Waals surface area contributed by atoms with Crippen molar-refractivity contribution in [3.8, 4) is 11.3 Å². The molecule has 0 amide bonds. The van der Waals surface area contributed by atoms with Gasteiger partial charge in [0.25, 0.3) is 0 Å². The number of aryl methyl sites for hydroxylation is 2. The minimum absolute atomic E-state index is 0.0567. The highest BCUT2D eigenvalue weighted by atomic mass is 32.1. The van der Waals surface area contributed by atoms with E-state index in [1.807, 2.05) is 26.0 Å². The van der Waals surface area contributed by atoms with Crippen molar-refractivity contribution in [2.45, 2.75) is 38.7 Å². The molecule has 2 unspecified atom stereocenters. The second-order valence-corrected chi connectivity index (χ2v) is 8.93. The van der Waals surface area contributed by atoms with Crippen LogP contribution in [-0.2, 0) is 4.74 Å².